The van der Waals surface area contributed by atoms with Crippen LogP contribution in [0.3, 0.4) is 0 Å². The van der Waals surface area contributed by atoms with Crippen LogP contribution in [-0.4, -0.2) is 4.98 Å². The number of benzene rings is 2. The fraction of sp³-hybridized carbons (Fsp3) is 0.0500. The van der Waals surface area contributed by atoms with Gasteiger partial charge in [0.25, 0.3) is 0 Å². The third-order valence-electron chi connectivity index (χ3n) is 3.81. The molecule has 4 rings (SSSR count). The minimum atomic E-state index is -0.270. The van der Waals surface area contributed by atoms with E-state index in [1.165, 1.54) is 11.6 Å². The van der Waals surface area contributed by atoms with Gasteiger partial charge in [-0.1, -0.05) is 41.9 Å². The van der Waals surface area contributed by atoms with Crippen LogP contribution < -0.4 is 0 Å². The number of hydrogen-bond donors (Lipinski definition) is 0. The third kappa shape index (κ3) is 3.13. The highest BCUT2D eigenvalue weighted by molar-refractivity contribution is 7.23. The van der Waals surface area contributed by atoms with Crippen LogP contribution in [0.2, 0.25) is 5.02 Å². The normalized spacial score (nSPS) is 11.0. The van der Waals surface area contributed by atoms with Crippen LogP contribution in [0.4, 0.5) is 4.39 Å². The molecule has 124 valence electrons. The van der Waals surface area contributed by atoms with Crippen molar-refractivity contribution in [1.82, 2.24) is 4.98 Å². The van der Waals surface area contributed by atoms with Crippen molar-refractivity contribution < 1.29 is 4.39 Å². The predicted octanol–water partition coefficient (Wildman–Crippen LogP) is 7.31. The first-order valence-electron chi connectivity index (χ1n) is 7.69. The van der Waals surface area contributed by atoms with Gasteiger partial charge in [0, 0.05) is 16.0 Å². The van der Waals surface area contributed by atoms with Gasteiger partial charge in [0.1, 0.15) is 10.8 Å². The molecular formula is C20H13ClFNS2. The smallest absolute Gasteiger partial charge is 0.132 e. The van der Waals surface area contributed by atoms with Crippen molar-refractivity contribution in [1.29, 1.82) is 0 Å². The van der Waals surface area contributed by atoms with Gasteiger partial charge in [-0.3, -0.25) is 0 Å². The Balaban J connectivity index is 1.96. The Labute approximate surface area is 158 Å². The van der Waals surface area contributed by atoms with Gasteiger partial charge in [-0.25, -0.2) is 9.37 Å². The first kappa shape index (κ1) is 16.5. The molecule has 0 aliphatic heterocycles. The number of hydrogen-bond acceptors (Lipinski definition) is 3. The highest BCUT2D eigenvalue weighted by Gasteiger charge is 2.20. The lowest BCUT2D eigenvalue weighted by molar-refractivity contribution is 0.631. The van der Waals surface area contributed by atoms with Crippen LogP contribution in [0.1, 0.15) is 5.56 Å². The van der Waals surface area contributed by atoms with Crippen molar-refractivity contribution in [2.75, 3.05) is 0 Å². The maximum atomic E-state index is 14.4. The van der Waals surface area contributed by atoms with Crippen molar-refractivity contribution in [3.05, 3.63) is 76.4 Å². The van der Waals surface area contributed by atoms with Crippen LogP contribution in [0, 0.1) is 12.7 Å². The maximum Gasteiger partial charge on any atom is 0.132 e. The second-order valence-electron chi connectivity index (χ2n) is 5.64. The van der Waals surface area contributed by atoms with Crippen LogP contribution in [0.15, 0.2) is 60.0 Å². The summed E-state index contributed by atoms with van der Waals surface area (Å²) in [4.78, 5) is 6.82. The monoisotopic (exact) mass is 385 g/mol. The largest absolute Gasteiger partial charge is 0.235 e. The summed E-state index contributed by atoms with van der Waals surface area (Å²) in [7, 11) is 0. The molecule has 2 aromatic heterocycles. The molecule has 0 unspecified atom stereocenters. The van der Waals surface area contributed by atoms with E-state index < -0.39 is 0 Å². The summed E-state index contributed by atoms with van der Waals surface area (Å²) in [6, 6.07) is 16.5. The lowest BCUT2D eigenvalue weighted by Gasteiger charge is -2.02. The average Bonchev–Trinajstić information content (AvgIpc) is 3.22. The molecule has 0 atom stereocenters. The lowest BCUT2D eigenvalue weighted by Crippen LogP contribution is -1.86. The Morgan fingerprint density at radius 1 is 1.00 bits per heavy atom. The summed E-state index contributed by atoms with van der Waals surface area (Å²) in [6.07, 6.45) is 0. The van der Waals surface area contributed by atoms with Gasteiger partial charge in [-0.05, 0) is 42.1 Å². The second kappa shape index (κ2) is 6.71. The zero-order valence-electron chi connectivity index (χ0n) is 13.3. The van der Waals surface area contributed by atoms with Crippen molar-refractivity contribution in [2.45, 2.75) is 6.92 Å². The average molecular weight is 386 g/mol. The summed E-state index contributed by atoms with van der Waals surface area (Å²) in [5.41, 5.74) is 3.23. The molecule has 5 heteroatoms. The van der Waals surface area contributed by atoms with E-state index in [2.05, 4.69) is 18.4 Å². The van der Waals surface area contributed by atoms with Crippen molar-refractivity contribution in [2.24, 2.45) is 0 Å². The van der Waals surface area contributed by atoms with Gasteiger partial charge in [0.15, 0.2) is 0 Å². The van der Waals surface area contributed by atoms with Crippen molar-refractivity contribution in [3.8, 4) is 31.6 Å². The molecule has 0 bridgehead atoms. The van der Waals surface area contributed by atoms with Crippen LogP contribution in [-0.2, 0) is 0 Å². The Hall–Kier alpha value is -2.01. The van der Waals surface area contributed by atoms with E-state index in [0.29, 0.717) is 16.3 Å². The summed E-state index contributed by atoms with van der Waals surface area (Å²) < 4.78 is 14.4. The molecule has 0 N–H and O–H groups in total. The Kier molecular flexibility index (Phi) is 4.42. The maximum absolute atomic E-state index is 14.4. The van der Waals surface area contributed by atoms with E-state index in [0.717, 1.165) is 20.3 Å². The fourth-order valence-electron chi connectivity index (χ4n) is 2.62. The number of thiophene rings is 1. The predicted molar refractivity (Wildman–Crippen MR) is 106 cm³/mol. The van der Waals surface area contributed by atoms with E-state index in [4.69, 9.17) is 16.6 Å². The molecule has 0 amide bonds. The van der Waals surface area contributed by atoms with Gasteiger partial charge in [-0.2, -0.15) is 0 Å². The molecule has 0 aliphatic carbocycles. The zero-order chi connectivity index (χ0) is 17.4. The van der Waals surface area contributed by atoms with Gasteiger partial charge in [0.2, 0.25) is 0 Å². The SMILES string of the molecule is Cc1csc(-c2sc(-c3ccccc3Cl)nc2-c2ccccc2F)c1. The Morgan fingerprint density at radius 3 is 2.40 bits per heavy atom. The molecule has 0 fully saturated rings. The Bertz CT molecular complexity index is 1050. The van der Waals surface area contributed by atoms with Gasteiger partial charge in [-0.15, -0.1) is 22.7 Å². The van der Waals surface area contributed by atoms with E-state index in [-0.39, 0.29) is 5.82 Å². The Morgan fingerprint density at radius 2 is 1.72 bits per heavy atom. The molecule has 2 heterocycles. The van der Waals surface area contributed by atoms with Crippen molar-refractivity contribution >= 4 is 34.3 Å². The quantitative estimate of drug-likeness (QED) is 0.360. The van der Waals surface area contributed by atoms with E-state index in [1.807, 2.05) is 30.3 Å². The molecule has 0 spiro atoms. The number of halogens is 2. The molecule has 25 heavy (non-hydrogen) atoms. The minimum Gasteiger partial charge on any atom is -0.235 e. The first-order chi connectivity index (χ1) is 12.1. The molecule has 0 saturated carbocycles. The van der Waals surface area contributed by atoms with E-state index in [9.17, 15) is 4.39 Å². The fourth-order valence-corrected chi connectivity index (χ4v) is 5.04. The highest BCUT2D eigenvalue weighted by atomic mass is 35.5. The number of rotatable bonds is 3. The molecular weight excluding hydrogens is 373 g/mol. The molecule has 2 aromatic carbocycles. The molecule has 0 saturated heterocycles. The van der Waals surface area contributed by atoms with E-state index in [1.54, 1.807) is 34.8 Å². The summed E-state index contributed by atoms with van der Waals surface area (Å²) >= 11 is 9.53. The highest BCUT2D eigenvalue weighted by Crippen LogP contribution is 2.44. The topological polar surface area (TPSA) is 12.9 Å². The molecule has 0 aliphatic rings. The van der Waals surface area contributed by atoms with Gasteiger partial charge in [0.05, 0.1) is 15.6 Å². The second-order valence-corrected chi connectivity index (χ2v) is 7.96. The number of aryl methyl sites for hydroxylation is 1. The summed E-state index contributed by atoms with van der Waals surface area (Å²) in [5.74, 6) is -0.270. The summed E-state index contributed by atoms with van der Waals surface area (Å²) in [5, 5.41) is 3.53. The van der Waals surface area contributed by atoms with Crippen LogP contribution in [0.5, 0.6) is 0 Å². The number of nitrogens with zero attached hydrogens (tertiary/aromatic N) is 1. The summed E-state index contributed by atoms with van der Waals surface area (Å²) in [6.45, 7) is 2.05. The van der Waals surface area contributed by atoms with Crippen LogP contribution in [0.25, 0.3) is 31.6 Å². The first-order valence-corrected chi connectivity index (χ1v) is 9.77. The molecule has 1 nitrogen and oxygen atoms in total. The number of aromatic nitrogens is 1. The molecule has 4 aromatic rings. The number of thiazole rings is 1. The van der Waals surface area contributed by atoms with Gasteiger partial charge < -0.3 is 0 Å². The van der Waals surface area contributed by atoms with Crippen molar-refractivity contribution in [3.63, 3.8) is 0 Å². The van der Waals surface area contributed by atoms with Gasteiger partial charge >= 0.3 is 0 Å². The molecule has 0 radical (unpaired) electrons. The van der Waals surface area contributed by atoms with E-state index >= 15 is 0 Å². The third-order valence-corrected chi connectivity index (χ3v) is 6.46. The standard InChI is InChI=1S/C20H13ClFNS2/c1-12-10-17(24-11-12)19-18(14-7-3-5-9-16(14)22)23-20(25-19)13-6-2-4-8-15(13)21/h2-11H,1H3. The minimum absolute atomic E-state index is 0.270. The van der Waals surface area contributed by atoms with Crippen LogP contribution >= 0.6 is 34.3 Å². The lowest BCUT2D eigenvalue weighted by atomic mass is 10.1. The zero-order valence-corrected chi connectivity index (χ0v) is 15.7.